The minimum Gasteiger partial charge on any atom is -0.466 e. The fraction of sp³-hybridized carbons (Fsp3) is 0.929. The Labute approximate surface area is 195 Å². The van der Waals surface area contributed by atoms with Gasteiger partial charge in [0.05, 0.1) is 12.7 Å². The first-order valence-corrected chi connectivity index (χ1v) is 13.5. The van der Waals surface area contributed by atoms with Crippen LogP contribution in [-0.2, 0) is 14.3 Å². The SMILES string of the molecule is CCOC(=O)CC[C@@H](C)C1CCC2C3C(O)[C@H](CC)[C@@H]4CC(=O)CC[C@]4(C)C3CC[C@@]21C. The quantitative estimate of drug-likeness (QED) is 0.524. The van der Waals surface area contributed by atoms with Crippen LogP contribution in [0.2, 0.25) is 0 Å². The highest BCUT2D eigenvalue weighted by atomic mass is 16.5. The lowest BCUT2D eigenvalue weighted by atomic mass is 9.41. The van der Waals surface area contributed by atoms with Crippen molar-refractivity contribution in [3.8, 4) is 0 Å². The average molecular weight is 447 g/mol. The van der Waals surface area contributed by atoms with Crippen molar-refractivity contribution in [2.45, 2.75) is 105 Å². The van der Waals surface area contributed by atoms with E-state index < -0.39 is 0 Å². The molecule has 0 heterocycles. The summed E-state index contributed by atoms with van der Waals surface area (Å²) in [5.74, 6) is 3.56. The molecule has 182 valence electrons. The van der Waals surface area contributed by atoms with Crippen LogP contribution in [-0.4, -0.2) is 29.6 Å². The Bertz CT molecular complexity index is 718. The van der Waals surface area contributed by atoms with Crippen LogP contribution in [0.5, 0.6) is 0 Å². The lowest BCUT2D eigenvalue weighted by molar-refractivity contribution is -0.194. The Kier molecular flexibility index (Phi) is 6.85. The van der Waals surface area contributed by atoms with Crippen molar-refractivity contribution >= 4 is 11.8 Å². The first kappa shape index (κ1) is 24.2. The largest absolute Gasteiger partial charge is 0.466 e. The molecule has 10 atom stereocenters. The van der Waals surface area contributed by atoms with Crippen LogP contribution in [0.15, 0.2) is 0 Å². The molecule has 0 radical (unpaired) electrons. The summed E-state index contributed by atoms with van der Waals surface area (Å²) in [5, 5.41) is 11.8. The molecule has 0 amide bonds. The fourth-order valence-corrected chi connectivity index (χ4v) is 9.52. The maximum absolute atomic E-state index is 12.4. The van der Waals surface area contributed by atoms with Crippen molar-refractivity contribution in [1.82, 2.24) is 0 Å². The van der Waals surface area contributed by atoms with Gasteiger partial charge in [-0.2, -0.15) is 0 Å². The molecule has 32 heavy (non-hydrogen) atoms. The van der Waals surface area contributed by atoms with E-state index in [1.807, 2.05) is 6.92 Å². The molecule has 0 spiro atoms. The zero-order valence-electron chi connectivity index (χ0n) is 21.1. The number of hydrogen-bond acceptors (Lipinski definition) is 4. The van der Waals surface area contributed by atoms with Crippen molar-refractivity contribution in [3.05, 3.63) is 0 Å². The molecular weight excluding hydrogens is 400 g/mol. The van der Waals surface area contributed by atoms with Gasteiger partial charge in [0.25, 0.3) is 0 Å². The molecule has 5 unspecified atom stereocenters. The van der Waals surface area contributed by atoms with Crippen molar-refractivity contribution in [3.63, 3.8) is 0 Å². The number of ether oxygens (including phenoxy) is 1. The molecule has 0 bridgehead atoms. The van der Waals surface area contributed by atoms with E-state index in [2.05, 4.69) is 27.7 Å². The summed E-state index contributed by atoms with van der Waals surface area (Å²) in [4.78, 5) is 24.3. The van der Waals surface area contributed by atoms with Crippen molar-refractivity contribution < 1.29 is 19.4 Å². The second-order valence-corrected chi connectivity index (χ2v) is 12.3. The third-order valence-electron chi connectivity index (χ3n) is 11.1. The number of carbonyl (C=O) groups is 2. The third kappa shape index (κ3) is 3.77. The highest BCUT2D eigenvalue weighted by Gasteiger charge is 2.64. The van der Waals surface area contributed by atoms with Gasteiger partial charge in [0.15, 0.2) is 0 Å². The smallest absolute Gasteiger partial charge is 0.305 e. The van der Waals surface area contributed by atoms with Gasteiger partial charge in [0, 0.05) is 19.3 Å². The maximum Gasteiger partial charge on any atom is 0.305 e. The number of aliphatic hydroxyl groups is 1. The van der Waals surface area contributed by atoms with Gasteiger partial charge in [-0.05, 0) is 97.7 Å². The first-order valence-electron chi connectivity index (χ1n) is 13.5. The zero-order chi connectivity index (χ0) is 23.3. The van der Waals surface area contributed by atoms with E-state index in [-0.39, 0.29) is 28.8 Å². The summed E-state index contributed by atoms with van der Waals surface area (Å²) in [5.41, 5.74) is 0.454. The lowest BCUT2D eigenvalue weighted by Crippen LogP contribution is -2.61. The average Bonchev–Trinajstić information content (AvgIpc) is 3.11. The summed E-state index contributed by atoms with van der Waals surface area (Å²) in [7, 11) is 0. The van der Waals surface area contributed by atoms with E-state index in [1.54, 1.807) is 0 Å². The number of carbonyl (C=O) groups excluding carboxylic acids is 2. The Morgan fingerprint density at radius 3 is 2.50 bits per heavy atom. The molecule has 4 saturated carbocycles. The van der Waals surface area contributed by atoms with Gasteiger partial charge in [-0.25, -0.2) is 0 Å². The summed E-state index contributed by atoms with van der Waals surface area (Å²) >= 11 is 0. The Morgan fingerprint density at radius 1 is 1.09 bits per heavy atom. The lowest BCUT2D eigenvalue weighted by Gasteiger charge is -2.64. The number of esters is 1. The second kappa shape index (κ2) is 9.04. The van der Waals surface area contributed by atoms with Crippen molar-refractivity contribution in [2.75, 3.05) is 6.61 Å². The minimum atomic E-state index is -0.271. The zero-order valence-corrected chi connectivity index (χ0v) is 21.1. The fourth-order valence-electron chi connectivity index (χ4n) is 9.52. The van der Waals surface area contributed by atoms with E-state index in [4.69, 9.17) is 4.74 Å². The molecule has 1 N–H and O–H groups in total. The topological polar surface area (TPSA) is 63.6 Å². The third-order valence-corrected chi connectivity index (χ3v) is 11.1. The van der Waals surface area contributed by atoms with Gasteiger partial charge < -0.3 is 9.84 Å². The van der Waals surface area contributed by atoms with Gasteiger partial charge in [-0.1, -0.05) is 34.1 Å². The molecule has 0 aromatic rings. The van der Waals surface area contributed by atoms with Crippen molar-refractivity contribution in [2.24, 2.45) is 52.3 Å². The molecule has 4 heteroatoms. The number of rotatable bonds is 6. The van der Waals surface area contributed by atoms with Gasteiger partial charge in [-0.15, -0.1) is 0 Å². The molecule has 0 aliphatic heterocycles. The highest BCUT2D eigenvalue weighted by molar-refractivity contribution is 5.79. The molecule has 4 rings (SSSR count). The summed E-state index contributed by atoms with van der Waals surface area (Å²) in [6, 6.07) is 0. The van der Waals surface area contributed by atoms with E-state index >= 15 is 0 Å². The molecule has 4 fully saturated rings. The van der Waals surface area contributed by atoms with Gasteiger partial charge in [0.2, 0.25) is 0 Å². The molecule has 0 aromatic heterocycles. The van der Waals surface area contributed by atoms with Gasteiger partial charge in [0.1, 0.15) is 5.78 Å². The van der Waals surface area contributed by atoms with E-state index in [0.717, 1.165) is 25.7 Å². The summed E-state index contributed by atoms with van der Waals surface area (Å²) in [6.45, 7) is 11.8. The van der Waals surface area contributed by atoms with E-state index in [9.17, 15) is 14.7 Å². The molecule has 0 aromatic carbocycles. The number of fused-ring (bicyclic) bond motifs is 5. The van der Waals surface area contributed by atoms with E-state index in [1.165, 1.54) is 25.7 Å². The molecule has 4 aliphatic carbocycles. The Morgan fingerprint density at radius 2 is 1.81 bits per heavy atom. The number of Topliss-reactive ketones (excluding diaryl/α,β-unsaturated/α-hetero) is 1. The number of hydrogen-bond donors (Lipinski definition) is 1. The molecule has 4 aliphatic rings. The minimum absolute atomic E-state index is 0.0675. The number of aliphatic hydroxyl groups excluding tert-OH is 1. The van der Waals surface area contributed by atoms with Crippen LogP contribution in [0.1, 0.15) is 98.8 Å². The Hall–Kier alpha value is -0.900. The second-order valence-electron chi connectivity index (χ2n) is 12.3. The maximum atomic E-state index is 12.4. The number of ketones is 1. The highest BCUT2D eigenvalue weighted by Crippen LogP contribution is 2.69. The van der Waals surface area contributed by atoms with Crippen LogP contribution in [0, 0.1) is 52.3 Å². The normalized spacial score (nSPS) is 46.7. The van der Waals surface area contributed by atoms with Crippen LogP contribution < -0.4 is 0 Å². The van der Waals surface area contributed by atoms with E-state index in [0.29, 0.717) is 60.7 Å². The standard InChI is InChI=1S/C28H46O4/c1-6-19-23-16-18(29)12-14-28(23,5)22-13-15-27(4)20(9-10-21(27)25(22)26(19)31)17(3)8-11-24(30)32-7-2/h17,19-23,25-26,31H,6-16H2,1-5H3/t17-,19-,20?,21?,22?,23+,25?,26?,27-,28-/m1/s1. The molecular formula is C28H46O4. The van der Waals surface area contributed by atoms with Crippen LogP contribution in [0.25, 0.3) is 0 Å². The summed E-state index contributed by atoms with van der Waals surface area (Å²) in [6.07, 6.45) is 9.41. The molecule has 0 saturated heterocycles. The van der Waals surface area contributed by atoms with Crippen LogP contribution >= 0.6 is 0 Å². The first-order chi connectivity index (χ1) is 15.2. The predicted molar refractivity (Wildman–Crippen MR) is 126 cm³/mol. The monoisotopic (exact) mass is 446 g/mol. The molecule has 4 nitrogen and oxygen atoms in total. The van der Waals surface area contributed by atoms with Gasteiger partial charge in [-0.3, -0.25) is 9.59 Å². The predicted octanol–water partition coefficient (Wildman–Crippen LogP) is 5.80. The van der Waals surface area contributed by atoms with Crippen LogP contribution in [0.3, 0.4) is 0 Å². The Balaban J connectivity index is 1.56. The van der Waals surface area contributed by atoms with Crippen LogP contribution in [0.4, 0.5) is 0 Å². The van der Waals surface area contributed by atoms with Gasteiger partial charge >= 0.3 is 5.97 Å². The summed E-state index contributed by atoms with van der Waals surface area (Å²) < 4.78 is 5.17. The van der Waals surface area contributed by atoms with Crippen molar-refractivity contribution in [1.29, 1.82) is 0 Å².